The quantitative estimate of drug-likeness (QED) is 0.456. The Balaban J connectivity index is 1.99. The van der Waals surface area contributed by atoms with Crippen molar-refractivity contribution in [3.63, 3.8) is 0 Å². The summed E-state index contributed by atoms with van der Waals surface area (Å²) in [5.74, 6) is -0.925. The summed E-state index contributed by atoms with van der Waals surface area (Å²) in [7, 11) is 0. The van der Waals surface area contributed by atoms with Crippen LogP contribution >= 0.6 is 0 Å². The molecule has 0 aliphatic heterocycles. The van der Waals surface area contributed by atoms with E-state index in [1.54, 1.807) is 48.5 Å². The topological polar surface area (TPSA) is 82.1 Å². The average Bonchev–Trinajstić information content (AvgIpc) is 2.59. The van der Waals surface area contributed by atoms with E-state index in [9.17, 15) is 9.59 Å². The minimum atomic E-state index is -1.23. The first kappa shape index (κ1) is 17.1. The molecule has 0 bridgehead atoms. The van der Waals surface area contributed by atoms with Gasteiger partial charge in [-0.05, 0) is 24.3 Å². The van der Waals surface area contributed by atoms with Crippen LogP contribution in [0.5, 0.6) is 11.5 Å². The molecule has 0 heterocycles. The van der Waals surface area contributed by atoms with E-state index < -0.39 is 18.2 Å². The highest BCUT2D eigenvalue weighted by Crippen LogP contribution is 2.16. The third-order valence-corrected chi connectivity index (χ3v) is 2.75. The maximum Gasteiger partial charge on any atom is 0.331 e. The van der Waals surface area contributed by atoms with E-state index in [1.807, 2.05) is 12.1 Å². The second-order valence-corrected chi connectivity index (χ2v) is 4.59. The molecule has 0 aliphatic rings. The van der Waals surface area contributed by atoms with Crippen molar-refractivity contribution in [1.29, 1.82) is 0 Å². The Hall–Kier alpha value is -3.28. The summed E-state index contributed by atoms with van der Waals surface area (Å²) in [6, 6.07) is 17.9. The molecule has 2 aromatic rings. The highest BCUT2D eigenvalue weighted by molar-refractivity contribution is 5.90. The molecule has 2 aromatic carbocycles. The molecule has 0 aliphatic carbocycles. The van der Waals surface area contributed by atoms with Crippen molar-refractivity contribution in [2.75, 3.05) is 6.61 Å². The van der Waals surface area contributed by atoms with E-state index in [-0.39, 0.29) is 6.61 Å². The third-order valence-electron chi connectivity index (χ3n) is 2.75. The van der Waals surface area contributed by atoms with Crippen LogP contribution in [0, 0.1) is 0 Å². The fraction of sp³-hybridized carbons (Fsp3) is 0.111. The molecular weight excluding hydrogens is 312 g/mol. The molecule has 0 radical (unpaired) electrons. The van der Waals surface area contributed by atoms with Crippen molar-refractivity contribution in [2.45, 2.75) is 6.29 Å². The fourth-order valence-electron chi connectivity index (χ4n) is 1.73. The van der Waals surface area contributed by atoms with Crippen LogP contribution in [0.15, 0.2) is 72.8 Å². The van der Waals surface area contributed by atoms with Gasteiger partial charge in [0.05, 0.1) is 0 Å². The summed E-state index contributed by atoms with van der Waals surface area (Å²) in [6.07, 6.45) is 0.648. The van der Waals surface area contributed by atoms with E-state index in [1.165, 1.54) is 0 Å². The number of carbonyl (C=O) groups excluding carboxylic acids is 1. The lowest BCUT2D eigenvalue weighted by atomic mass is 10.3. The van der Waals surface area contributed by atoms with Gasteiger partial charge in [-0.3, -0.25) is 0 Å². The molecule has 0 saturated heterocycles. The van der Waals surface area contributed by atoms with Crippen LogP contribution in [0.3, 0.4) is 0 Å². The van der Waals surface area contributed by atoms with Crippen LogP contribution in [0.2, 0.25) is 0 Å². The standard InChI is InChI=1S/C18H16O6/c19-16(20)11-12-17(21)22-13-18(23-14-7-3-1-4-8-14)24-15-9-5-2-6-10-15/h1-12,18H,13H2,(H,19,20)/b12-11-. The Kier molecular flexibility index (Phi) is 6.40. The lowest BCUT2D eigenvalue weighted by Gasteiger charge is -2.20. The summed E-state index contributed by atoms with van der Waals surface area (Å²) in [5, 5.41) is 8.49. The van der Waals surface area contributed by atoms with Crippen molar-refractivity contribution in [1.82, 2.24) is 0 Å². The zero-order valence-electron chi connectivity index (χ0n) is 12.7. The normalized spacial score (nSPS) is 10.5. The smallest absolute Gasteiger partial charge is 0.331 e. The van der Waals surface area contributed by atoms with Gasteiger partial charge in [0.1, 0.15) is 11.5 Å². The average molecular weight is 328 g/mol. The Morgan fingerprint density at radius 1 is 0.875 bits per heavy atom. The maximum atomic E-state index is 11.5. The van der Waals surface area contributed by atoms with E-state index in [4.69, 9.17) is 19.3 Å². The molecule has 124 valence electrons. The Morgan fingerprint density at radius 3 is 1.83 bits per heavy atom. The summed E-state index contributed by atoms with van der Waals surface area (Å²) < 4.78 is 16.3. The Morgan fingerprint density at radius 2 is 1.38 bits per heavy atom. The molecule has 24 heavy (non-hydrogen) atoms. The first-order chi connectivity index (χ1) is 11.6. The van der Waals surface area contributed by atoms with Crippen LogP contribution < -0.4 is 9.47 Å². The molecule has 6 heteroatoms. The van der Waals surface area contributed by atoms with Crippen molar-refractivity contribution in [3.8, 4) is 11.5 Å². The molecule has 6 nitrogen and oxygen atoms in total. The van der Waals surface area contributed by atoms with E-state index in [2.05, 4.69) is 0 Å². The van der Waals surface area contributed by atoms with Gasteiger partial charge in [-0.1, -0.05) is 36.4 Å². The van der Waals surface area contributed by atoms with Crippen molar-refractivity contribution in [2.24, 2.45) is 0 Å². The van der Waals surface area contributed by atoms with Crippen LogP contribution in [-0.4, -0.2) is 29.9 Å². The second kappa shape index (κ2) is 8.99. The van der Waals surface area contributed by atoms with E-state index >= 15 is 0 Å². The highest BCUT2D eigenvalue weighted by atomic mass is 16.7. The molecule has 0 unspecified atom stereocenters. The number of ether oxygens (including phenoxy) is 3. The zero-order chi connectivity index (χ0) is 17.2. The van der Waals surface area contributed by atoms with Gasteiger partial charge in [-0.2, -0.15) is 0 Å². The summed E-state index contributed by atoms with van der Waals surface area (Å²) in [6.45, 7) is -0.202. The number of hydrogen-bond acceptors (Lipinski definition) is 5. The number of esters is 1. The summed E-state index contributed by atoms with van der Waals surface area (Å²) in [4.78, 5) is 21.9. The van der Waals surface area contributed by atoms with Crippen LogP contribution in [-0.2, 0) is 14.3 Å². The van der Waals surface area contributed by atoms with Crippen LogP contribution in [0.4, 0.5) is 0 Å². The molecule has 1 N–H and O–H groups in total. The number of carbonyl (C=O) groups is 2. The molecule has 0 amide bonds. The van der Waals surface area contributed by atoms with Gasteiger partial charge < -0.3 is 19.3 Å². The number of hydrogen-bond donors (Lipinski definition) is 1. The number of carboxylic acids is 1. The van der Waals surface area contributed by atoms with E-state index in [0.717, 1.165) is 6.08 Å². The van der Waals surface area contributed by atoms with Gasteiger partial charge in [0.25, 0.3) is 6.29 Å². The highest BCUT2D eigenvalue weighted by Gasteiger charge is 2.15. The third kappa shape index (κ3) is 6.23. The number of aliphatic carboxylic acids is 1. The minimum absolute atomic E-state index is 0.202. The van der Waals surface area contributed by atoms with Gasteiger partial charge in [-0.25, -0.2) is 9.59 Å². The number of benzene rings is 2. The maximum absolute atomic E-state index is 11.5. The van der Waals surface area contributed by atoms with Crippen LogP contribution in [0.25, 0.3) is 0 Å². The number of para-hydroxylation sites is 2. The van der Waals surface area contributed by atoms with Gasteiger partial charge in [0.15, 0.2) is 6.61 Å². The van der Waals surface area contributed by atoms with Crippen molar-refractivity contribution >= 4 is 11.9 Å². The van der Waals surface area contributed by atoms with Gasteiger partial charge >= 0.3 is 11.9 Å². The molecular formula is C18H16O6. The first-order valence-corrected chi connectivity index (χ1v) is 7.14. The summed E-state index contributed by atoms with van der Waals surface area (Å²) in [5.41, 5.74) is 0. The molecule has 0 aromatic heterocycles. The van der Waals surface area contributed by atoms with Crippen LogP contribution in [0.1, 0.15) is 0 Å². The number of carboxylic acid groups (broad SMARTS) is 1. The minimum Gasteiger partial charge on any atom is -0.478 e. The second-order valence-electron chi connectivity index (χ2n) is 4.59. The lowest BCUT2D eigenvalue weighted by molar-refractivity contribution is -0.146. The SMILES string of the molecule is O=C(O)/C=C\C(=O)OCC(Oc1ccccc1)Oc1ccccc1. The van der Waals surface area contributed by atoms with Crippen molar-refractivity contribution in [3.05, 3.63) is 72.8 Å². The monoisotopic (exact) mass is 328 g/mol. The molecule has 0 fully saturated rings. The number of rotatable bonds is 8. The van der Waals surface area contributed by atoms with Crippen molar-refractivity contribution < 1.29 is 28.9 Å². The predicted molar refractivity (Wildman–Crippen MR) is 85.7 cm³/mol. The molecule has 0 atom stereocenters. The zero-order valence-corrected chi connectivity index (χ0v) is 12.7. The molecule has 2 rings (SSSR count). The fourth-order valence-corrected chi connectivity index (χ4v) is 1.73. The van der Waals surface area contributed by atoms with Gasteiger partial charge in [0.2, 0.25) is 0 Å². The molecule has 0 spiro atoms. The Labute approximate surface area is 138 Å². The Bertz CT molecular complexity index is 640. The largest absolute Gasteiger partial charge is 0.478 e. The predicted octanol–water partition coefficient (Wildman–Crippen LogP) is 2.65. The lowest BCUT2D eigenvalue weighted by Crippen LogP contribution is -2.30. The van der Waals surface area contributed by atoms with Gasteiger partial charge in [0, 0.05) is 12.2 Å². The summed E-state index contributed by atoms with van der Waals surface area (Å²) >= 11 is 0. The molecule has 0 saturated carbocycles. The van der Waals surface area contributed by atoms with E-state index in [0.29, 0.717) is 17.6 Å². The van der Waals surface area contributed by atoms with Gasteiger partial charge in [-0.15, -0.1) is 0 Å². The first-order valence-electron chi connectivity index (χ1n) is 7.14.